The van der Waals surface area contributed by atoms with E-state index in [0.29, 0.717) is 43.2 Å². The van der Waals surface area contributed by atoms with Crippen LogP contribution in [0.3, 0.4) is 0 Å². The van der Waals surface area contributed by atoms with Crippen molar-refractivity contribution in [3.05, 3.63) is 59.7 Å². The summed E-state index contributed by atoms with van der Waals surface area (Å²) in [6.07, 6.45) is 2.99. The number of nitrogens with one attached hydrogen (secondary N) is 1. The number of ether oxygens (including phenoxy) is 2. The van der Waals surface area contributed by atoms with E-state index in [-0.39, 0.29) is 17.3 Å². The van der Waals surface area contributed by atoms with E-state index in [1.54, 1.807) is 48.5 Å². The highest BCUT2D eigenvalue weighted by atomic mass is 32.2. The van der Waals surface area contributed by atoms with E-state index in [1.165, 1.54) is 24.4 Å². The molecule has 0 radical (unpaired) electrons. The van der Waals surface area contributed by atoms with Gasteiger partial charge in [-0.05, 0) is 48.5 Å². The highest BCUT2D eigenvalue weighted by molar-refractivity contribution is 7.89. The number of benzene rings is 2. The van der Waals surface area contributed by atoms with E-state index in [9.17, 15) is 18.0 Å². The number of piperazine rings is 1. The van der Waals surface area contributed by atoms with Crippen molar-refractivity contribution in [3.8, 4) is 11.5 Å². The summed E-state index contributed by atoms with van der Waals surface area (Å²) in [4.78, 5) is 25.7. The van der Waals surface area contributed by atoms with Crippen LogP contribution in [0.25, 0.3) is 6.08 Å². The summed E-state index contributed by atoms with van der Waals surface area (Å²) in [5, 5.41) is 2.77. The fourth-order valence-corrected chi connectivity index (χ4v) is 4.83. The van der Waals surface area contributed by atoms with Gasteiger partial charge < -0.3 is 19.7 Å². The maximum atomic E-state index is 12.8. The van der Waals surface area contributed by atoms with Crippen LogP contribution in [0.2, 0.25) is 0 Å². The highest BCUT2D eigenvalue weighted by Crippen LogP contribution is 2.28. The molecule has 1 N–H and O–H groups in total. The number of rotatable bonds is 8. The predicted octanol–water partition coefficient (Wildman–Crippen LogP) is 1.89. The molecule has 2 aromatic carbocycles. The minimum Gasteiger partial charge on any atom is -0.493 e. The lowest BCUT2D eigenvalue weighted by molar-refractivity contribution is -0.132. The Morgan fingerprint density at radius 2 is 1.71 bits per heavy atom. The predicted molar refractivity (Wildman–Crippen MR) is 128 cm³/mol. The number of likely N-dealkylation sites (N-methyl/N-ethyl adjacent to an activating group) is 1. The van der Waals surface area contributed by atoms with Gasteiger partial charge in [0.2, 0.25) is 15.9 Å². The number of amides is 1. The van der Waals surface area contributed by atoms with Gasteiger partial charge in [-0.1, -0.05) is 18.2 Å². The third-order valence-electron chi connectivity index (χ3n) is 5.36. The van der Waals surface area contributed by atoms with Gasteiger partial charge in [-0.3, -0.25) is 9.59 Å². The van der Waals surface area contributed by atoms with Crippen molar-refractivity contribution in [2.24, 2.45) is 0 Å². The van der Waals surface area contributed by atoms with Crippen LogP contribution < -0.4 is 14.8 Å². The minimum atomic E-state index is -3.52. The third kappa shape index (κ3) is 6.66. The van der Waals surface area contributed by atoms with Crippen molar-refractivity contribution in [1.29, 1.82) is 0 Å². The Labute approximate surface area is 200 Å². The molecule has 0 aromatic heterocycles. The summed E-state index contributed by atoms with van der Waals surface area (Å²) >= 11 is 0. The average Bonchev–Trinajstić information content (AvgIpc) is 2.82. The van der Waals surface area contributed by atoms with Gasteiger partial charge in [-0.15, -0.1) is 0 Å². The maximum absolute atomic E-state index is 12.8. The highest BCUT2D eigenvalue weighted by Gasteiger charge is 2.27. The van der Waals surface area contributed by atoms with Crippen LogP contribution in [0, 0.1) is 0 Å². The summed E-state index contributed by atoms with van der Waals surface area (Å²) in [6, 6.07) is 11.5. The van der Waals surface area contributed by atoms with Crippen molar-refractivity contribution >= 4 is 28.0 Å². The maximum Gasteiger partial charge on any atom is 0.308 e. The van der Waals surface area contributed by atoms with Gasteiger partial charge in [0.15, 0.2) is 11.5 Å². The topological polar surface area (TPSA) is 105 Å². The molecule has 0 spiro atoms. The summed E-state index contributed by atoms with van der Waals surface area (Å²) < 4.78 is 37.4. The molecule has 1 heterocycles. The van der Waals surface area contributed by atoms with Crippen molar-refractivity contribution < 1.29 is 27.5 Å². The van der Waals surface area contributed by atoms with Gasteiger partial charge in [-0.25, -0.2) is 8.42 Å². The average molecular weight is 488 g/mol. The number of hydrogen-bond donors (Lipinski definition) is 1. The standard InChI is InChI=1S/C24H29N3O6S/c1-18(28)33-22-10-6-19(16-23(22)32-3)7-11-24(29)25-17-20-4-8-21(9-5-20)34(30,31)27-14-12-26(2)13-15-27/h4-11,16H,12-15,17H2,1-3H3,(H,25,29)/b11-7+. The molecule has 3 rings (SSSR count). The van der Waals surface area contributed by atoms with Crippen LogP contribution in [0.1, 0.15) is 18.1 Å². The normalized spacial score (nSPS) is 15.3. The van der Waals surface area contributed by atoms with Crippen molar-refractivity contribution in [1.82, 2.24) is 14.5 Å². The van der Waals surface area contributed by atoms with Gasteiger partial charge in [0.1, 0.15) is 0 Å². The number of esters is 1. The van der Waals surface area contributed by atoms with Gasteiger partial charge in [-0.2, -0.15) is 4.31 Å². The number of hydrogen-bond acceptors (Lipinski definition) is 7. The number of methoxy groups -OCH3 is 1. The van der Waals surface area contributed by atoms with Gasteiger partial charge in [0, 0.05) is 45.7 Å². The summed E-state index contributed by atoms with van der Waals surface area (Å²) in [7, 11) is -0.0830. The van der Waals surface area contributed by atoms with E-state index < -0.39 is 16.0 Å². The number of carbonyl (C=O) groups is 2. The first kappa shape index (κ1) is 25.4. The fraction of sp³-hybridized carbons (Fsp3) is 0.333. The van der Waals surface area contributed by atoms with E-state index in [2.05, 4.69) is 10.2 Å². The second-order valence-electron chi connectivity index (χ2n) is 7.91. The molecular weight excluding hydrogens is 458 g/mol. The van der Waals surface area contributed by atoms with Crippen LogP contribution >= 0.6 is 0 Å². The molecule has 10 heteroatoms. The molecule has 1 saturated heterocycles. The first-order valence-corrected chi connectivity index (χ1v) is 12.2. The fourth-order valence-electron chi connectivity index (χ4n) is 3.40. The van der Waals surface area contributed by atoms with Gasteiger partial charge >= 0.3 is 5.97 Å². The Morgan fingerprint density at radius 1 is 1.03 bits per heavy atom. The molecule has 1 aliphatic rings. The van der Waals surface area contributed by atoms with Crippen LogP contribution in [0.5, 0.6) is 11.5 Å². The molecule has 0 bridgehead atoms. The zero-order chi connectivity index (χ0) is 24.7. The summed E-state index contributed by atoms with van der Waals surface area (Å²) in [6.45, 7) is 3.92. The van der Waals surface area contributed by atoms with Crippen LogP contribution in [-0.4, -0.2) is 69.8 Å². The number of sulfonamides is 1. The Hall–Kier alpha value is -3.21. The van der Waals surface area contributed by atoms with Crippen LogP contribution in [0.4, 0.5) is 0 Å². The quantitative estimate of drug-likeness (QED) is 0.344. The lowest BCUT2D eigenvalue weighted by atomic mass is 10.2. The molecule has 1 fully saturated rings. The summed E-state index contributed by atoms with van der Waals surface area (Å²) in [5.41, 5.74) is 1.48. The molecule has 2 aromatic rings. The van der Waals surface area contributed by atoms with Crippen molar-refractivity contribution in [3.63, 3.8) is 0 Å². The van der Waals surface area contributed by atoms with Crippen molar-refractivity contribution in [2.75, 3.05) is 40.3 Å². The lowest BCUT2D eigenvalue weighted by Crippen LogP contribution is -2.46. The molecule has 182 valence electrons. The molecule has 0 atom stereocenters. The van der Waals surface area contributed by atoms with Crippen LogP contribution in [-0.2, 0) is 26.2 Å². The first-order chi connectivity index (χ1) is 16.2. The van der Waals surface area contributed by atoms with E-state index in [1.807, 2.05) is 7.05 Å². The van der Waals surface area contributed by atoms with E-state index in [0.717, 1.165) is 5.56 Å². The van der Waals surface area contributed by atoms with Crippen LogP contribution in [0.15, 0.2) is 53.4 Å². The van der Waals surface area contributed by atoms with E-state index in [4.69, 9.17) is 9.47 Å². The SMILES string of the molecule is COc1cc(/C=C/C(=O)NCc2ccc(S(=O)(=O)N3CCN(C)CC3)cc2)ccc1OC(C)=O. The summed E-state index contributed by atoms with van der Waals surface area (Å²) in [5.74, 6) is -0.0813. The van der Waals surface area contributed by atoms with Gasteiger partial charge in [0.25, 0.3) is 0 Å². The Morgan fingerprint density at radius 3 is 2.32 bits per heavy atom. The molecule has 0 aliphatic carbocycles. The Kier molecular flexibility index (Phi) is 8.43. The van der Waals surface area contributed by atoms with E-state index >= 15 is 0 Å². The Bertz CT molecular complexity index is 1150. The lowest BCUT2D eigenvalue weighted by Gasteiger charge is -2.31. The molecular formula is C24H29N3O6S. The molecule has 0 unspecified atom stereocenters. The number of carbonyl (C=O) groups excluding carboxylic acids is 2. The first-order valence-electron chi connectivity index (χ1n) is 10.8. The number of nitrogens with zero attached hydrogens (tertiary/aromatic N) is 2. The molecule has 1 aliphatic heterocycles. The second-order valence-corrected chi connectivity index (χ2v) is 9.84. The molecule has 0 saturated carbocycles. The smallest absolute Gasteiger partial charge is 0.308 e. The minimum absolute atomic E-state index is 0.248. The largest absolute Gasteiger partial charge is 0.493 e. The third-order valence-corrected chi connectivity index (χ3v) is 7.27. The monoisotopic (exact) mass is 487 g/mol. The van der Waals surface area contributed by atoms with Crippen molar-refractivity contribution in [2.45, 2.75) is 18.4 Å². The molecule has 9 nitrogen and oxygen atoms in total. The second kappa shape index (κ2) is 11.3. The Balaban J connectivity index is 1.56. The molecule has 1 amide bonds. The zero-order valence-electron chi connectivity index (χ0n) is 19.5. The van der Waals surface area contributed by atoms with Gasteiger partial charge in [0.05, 0.1) is 12.0 Å². The molecule has 34 heavy (non-hydrogen) atoms. The zero-order valence-corrected chi connectivity index (χ0v) is 20.3.